The minimum absolute atomic E-state index is 0.0240. The third-order valence-electron chi connectivity index (χ3n) is 2.73. The van der Waals surface area contributed by atoms with E-state index < -0.39 is 4.92 Å². The van der Waals surface area contributed by atoms with E-state index in [1.54, 1.807) is 12.1 Å². The van der Waals surface area contributed by atoms with E-state index in [-0.39, 0.29) is 11.7 Å². The van der Waals surface area contributed by atoms with Gasteiger partial charge in [0.25, 0.3) is 5.69 Å². The first kappa shape index (κ1) is 16.8. The number of nitro benzene ring substituents is 1. The number of nitrogens with one attached hydrogen (secondary N) is 1. The number of anilines is 1. The summed E-state index contributed by atoms with van der Waals surface area (Å²) in [7, 11) is 0. The van der Waals surface area contributed by atoms with Crippen molar-refractivity contribution in [2.75, 3.05) is 5.32 Å². The fourth-order valence-electron chi connectivity index (χ4n) is 1.85. The van der Waals surface area contributed by atoms with Crippen molar-refractivity contribution >= 4 is 43.2 Å². The number of ether oxygens (including phenoxy) is 1. The molecule has 116 valence electrons. The molecule has 0 bridgehead atoms. The molecule has 0 aromatic heterocycles. The Morgan fingerprint density at radius 1 is 1.18 bits per heavy atom. The molecule has 5 nitrogen and oxygen atoms in total. The van der Waals surface area contributed by atoms with Gasteiger partial charge in [-0.3, -0.25) is 10.1 Å². The topological polar surface area (TPSA) is 64.4 Å². The van der Waals surface area contributed by atoms with Gasteiger partial charge in [-0.25, -0.2) is 0 Å². The molecule has 0 spiro atoms. The number of halogens is 2. The minimum atomic E-state index is -0.413. The van der Waals surface area contributed by atoms with Gasteiger partial charge in [-0.15, -0.1) is 0 Å². The maximum atomic E-state index is 11.1. The van der Waals surface area contributed by atoms with E-state index in [1.165, 1.54) is 6.07 Å². The van der Waals surface area contributed by atoms with Gasteiger partial charge in [-0.1, -0.05) is 15.9 Å². The summed E-state index contributed by atoms with van der Waals surface area (Å²) in [5, 5.41) is 14.1. The zero-order chi connectivity index (χ0) is 16.3. The molecule has 0 unspecified atom stereocenters. The Bertz CT molecular complexity index is 705. The lowest BCUT2D eigenvalue weighted by atomic mass is 10.2. The van der Waals surface area contributed by atoms with Crippen LogP contribution in [0.25, 0.3) is 0 Å². The summed E-state index contributed by atoms with van der Waals surface area (Å²) in [6.07, 6.45) is 0. The fraction of sp³-hybridized carbons (Fsp3) is 0.200. The number of benzene rings is 2. The summed E-state index contributed by atoms with van der Waals surface area (Å²) in [6, 6.07) is 10.3. The molecule has 2 aromatic rings. The maximum Gasteiger partial charge on any atom is 0.292 e. The Labute approximate surface area is 145 Å². The molecule has 0 saturated carbocycles. The predicted molar refractivity (Wildman–Crippen MR) is 93.8 cm³/mol. The molecular weight excluding hydrogens is 416 g/mol. The largest absolute Gasteiger partial charge is 0.456 e. The number of nitro groups is 1. The molecule has 0 aliphatic carbocycles. The van der Waals surface area contributed by atoms with Crippen LogP contribution in [0.3, 0.4) is 0 Å². The van der Waals surface area contributed by atoms with Crippen molar-refractivity contribution in [3.8, 4) is 11.5 Å². The van der Waals surface area contributed by atoms with Crippen molar-refractivity contribution in [2.45, 2.75) is 19.9 Å². The predicted octanol–water partition coefficient (Wildman–Crippen LogP) is 5.73. The van der Waals surface area contributed by atoms with Crippen LogP contribution < -0.4 is 10.1 Å². The third-order valence-corrected chi connectivity index (χ3v) is 3.84. The lowest BCUT2D eigenvalue weighted by Crippen LogP contribution is -2.11. The van der Waals surface area contributed by atoms with E-state index >= 15 is 0 Å². The molecular formula is C15H14Br2N2O3. The third kappa shape index (κ3) is 4.20. The van der Waals surface area contributed by atoms with Crippen LogP contribution in [0.5, 0.6) is 11.5 Å². The van der Waals surface area contributed by atoms with Crippen LogP contribution in [0, 0.1) is 10.1 Å². The van der Waals surface area contributed by atoms with Crippen molar-refractivity contribution < 1.29 is 9.66 Å². The van der Waals surface area contributed by atoms with Crippen molar-refractivity contribution in [2.24, 2.45) is 0 Å². The quantitative estimate of drug-likeness (QED) is 0.486. The molecule has 2 rings (SSSR count). The van der Waals surface area contributed by atoms with Gasteiger partial charge in [0.1, 0.15) is 17.2 Å². The van der Waals surface area contributed by atoms with Crippen molar-refractivity contribution in [3.05, 3.63) is 55.5 Å². The molecule has 0 aliphatic rings. The summed E-state index contributed by atoms with van der Waals surface area (Å²) in [5.41, 5.74) is 0.460. The van der Waals surface area contributed by atoms with Crippen molar-refractivity contribution in [1.82, 2.24) is 0 Å². The van der Waals surface area contributed by atoms with E-state index in [4.69, 9.17) is 4.74 Å². The number of hydrogen-bond acceptors (Lipinski definition) is 4. The van der Waals surface area contributed by atoms with Gasteiger partial charge in [0.15, 0.2) is 0 Å². The summed E-state index contributed by atoms with van der Waals surface area (Å²) in [6.45, 7) is 3.84. The highest BCUT2D eigenvalue weighted by molar-refractivity contribution is 9.11. The van der Waals surface area contributed by atoms with Crippen LogP contribution in [-0.4, -0.2) is 11.0 Å². The van der Waals surface area contributed by atoms with Crippen molar-refractivity contribution in [3.63, 3.8) is 0 Å². The average molecular weight is 430 g/mol. The molecule has 0 fully saturated rings. The molecule has 7 heteroatoms. The Morgan fingerprint density at radius 2 is 1.91 bits per heavy atom. The average Bonchev–Trinajstić information content (AvgIpc) is 2.41. The van der Waals surface area contributed by atoms with Gasteiger partial charge in [0.2, 0.25) is 0 Å². The van der Waals surface area contributed by atoms with Crippen LogP contribution in [-0.2, 0) is 0 Å². The lowest BCUT2D eigenvalue weighted by molar-refractivity contribution is -0.384. The zero-order valence-electron chi connectivity index (χ0n) is 12.0. The molecule has 22 heavy (non-hydrogen) atoms. The highest BCUT2D eigenvalue weighted by Gasteiger charge is 2.16. The fourth-order valence-corrected chi connectivity index (χ4v) is 2.98. The summed E-state index contributed by atoms with van der Waals surface area (Å²) < 4.78 is 7.51. The summed E-state index contributed by atoms with van der Waals surface area (Å²) in [4.78, 5) is 10.7. The van der Waals surface area contributed by atoms with Crippen LogP contribution in [0.4, 0.5) is 11.4 Å². The van der Waals surface area contributed by atoms with Crippen LogP contribution in [0.2, 0.25) is 0 Å². The Hall–Kier alpha value is -1.60. The van der Waals surface area contributed by atoms with Gasteiger partial charge in [-0.05, 0) is 54.0 Å². The van der Waals surface area contributed by atoms with Gasteiger partial charge < -0.3 is 10.1 Å². The van der Waals surface area contributed by atoms with Crippen LogP contribution in [0.1, 0.15) is 13.8 Å². The zero-order valence-corrected chi connectivity index (χ0v) is 15.1. The molecule has 1 N–H and O–H groups in total. The first-order valence-electron chi connectivity index (χ1n) is 6.54. The van der Waals surface area contributed by atoms with E-state index in [0.717, 1.165) is 8.95 Å². The van der Waals surface area contributed by atoms with E-state index in [1.807, 2.05) is 32.0 Å². The smallest absolute Gasteiger partial charge is 0.292 e. The molecule has 0 saturated heterocycles. The molecule has 0 amide bonds. The Morgan fingerprint density at radius 3 is 2.50 bits per heavy atom. The maximum absolute atomic E-state index is 11.1. The van der Waals surface area contributed by atoms with Gasteiger partial charge in [0.05, 0.1) is 9.40 Å². The second-order valence-corrected chi connectivity index (χ2v) is 6.68. The number of rotatable bonds is 5. The van der Waals surface area contributed by atoms with Gasteiger partial charge in [-0.2, -0.15) is 0 Å². The second-order valence-electron chi connectivity index (χ2n) is 4.91. The van der Waals surface area contributed by atoms with Crippen LogP contribution >= 0.6 is 31.9 Å². The van der Waals surface area contributed by atoms with Crippen molar-refractivity contribution in [1.29, 1.82) is 0 Å². The monoisotopic (exact) mass is 428 g/mol. The van der Waals surface area contributed by atoms with E-state index in [0.29, 0.717) is 17.2 Å². The Kier molecular flexibility index (Phi) is 5.42. The Balaban J connectivity index is 2.33. The molecule has 0 aliphatic heterocycles. The lowest BCUT2D eigenvalue weighted by Gasteiger charge is -2.13. The first-order valence-corrected chi connectivity index (χ1v) is 8.13. The minimum Gasteiger partial charge on any atom is -0.456 e. The molecule has 0 radical (unpaired) electrons. The summed E-state index contributed by atoms with van der Waals surface area (Å²) >= 11 is 6.80. The highest BCUT2D eigenvalue weighted by Crippen LogP contribution is 2.35. The molecule has 0 heterocycles. The van der Waals surface area contributed by atoms with E-state index in [9.17, 15) is 10.1 Å². The normalized spacial score (nSPS) is 10.6. The molecule has 0 atom stereocenters. The van der Waals surface area contributed by atoms with Crippen LogP contribution in [0.15, 0.2) is 45.3 Å². The SMILES string of the molecule is CC(C)Nc1cc(Oc2ccc(Br)cc2Br)ccc1[N+](=O)[O-]. The second kappa shape index (κ2) is 7.11. The first-order chi connectivity index (χ1) is 10.4. The van der Waals surface area contributed by atoms with E-state index in [2.05, 4.69) is 37.2 Å². The molecule has 2 aromatic carbocycles. The summed E-state index contributed by atoms with van der Waals surface area (Å²) in [5.74, 6) is 1.16. The number of hydrogen-bond donors (Lipinski definition) is 1. The highest BCUT2D eigenvalue weighted by atomic mass is 79.9. The standard InChI is InChI=1S/C15H14Br2N2O3/c1-9(2)18-13-8-11(4-5-14(13)19(20)21)22-15-6-3-10(16)7-12(15)17/h3-9,18H,1-2H3. The van der Waals surface area contributed by atoms with Gasteiger partial charge in [0, 0.05) is 22.6 Å². The van der Waals surface area contributed by atoms with Gasteiger partial charge >= 0.3 is 0 Å². The number of nitrogens with zero attached hydrogens (tertiary/aromatic N) is 1.